The van der Waals surface area contributed by atoms with Crippen molar-refractivity contribution in [3.63, 3.8) is 0 Å². The van der Waals surface area contributed by atoms with Crippen molar-refractivity contribution in [1.29, 1.82) is 0 Å². The second kappa shape index (κ2) is 3.94. The van der Waals surface area contributed by atoms with E-state index in [1.807, 2.05) is 6.92 Å². The van der Waals surface area contributed by atoms with Crippen LogP contribution in [0.1, 0.15) is 68.1 Å². The van der Waals surface area contributed by atoms with Crippen molar-refractivity contribution < 1.29 is 4.79 Å². The molecule has 1 aromatic carbocycles. The molecule has 0 fully saturated rings. The molecule has 98 valence electrons. The Kier molecular flexibility index (Phi) is 2.92. The quantitative estimate of drug-likeness (QED) is 0.669. The lowest BCUT2D eigenvalue weighted by Gasteiger charge is -2.46. The normalized spacial score (nSPS) is 24.4. The van der Waals surface area contributed by atoms with Crippen LogP contribution in [-0.2, 0) is 10.8 Å². The molecule has 1 heteroatoms. The van der Waals surface area contributed by atoms with E-state index in [4.69, 9.17) is 0 Å². The van der Waals surface area contributed by atoms with Gasteiger partial charge in [0, 0.05) is 5.56 Å². The van der Waals surface area contributed by atoms with Crippen LogP contribution in [0.2, 0.25) is 0 Å². The molecule has 0 radical (unpaired) electrons. The van der Waals surface area contributed by atoms with Gasteiger partial charge in [-0.3, -0.25) is 4.79 Å². The Hall–Kier alpha value is -1.11. The van der Waals surface area contributed by atoms with Gasteiger partial charge in [-0.25, -0.2) is 0 Å². The molecule has 0 saturated heterocycles. The topological polar surface area (TPSA) is 17.1 Å². The first-order valence-electron chi connectivity index (χ1n) is 6.81. The van der Waals surface area contributed by atoms with Gasteiger partial charge in [0.05, 0.1) is 0 Å². The van der Waals surface area contributed by atoms with Gasteiger partial charge in [0.1, 0.15) is 6.29 Å². The summed E-state index contributed by atoms with van der Waals surface area (Å²) in [4.78, 5) is 11.1. The van der Waals surface area contributed by atoms with E-state index in [-0.39, 0.29) is 10.8 Å². The standard InChI is InChI=1S/C17H24O/c1-11-7-15-14(8-13(11)10-18)16(3,4)9-12(2)17(15,5)6/h7-8,10,12H,9H2,1-6H3. The Labute approximate surface area is 111 Å². The van der Waals surface area contributed by atoms with Gasteiger partial charge in [0.15, 0.2) is 0 Å². The van der Waals surface area contributed by atoms with E-state index in [2.05, 4.69) is 46.8 Å². The number of aldehydes is 1. The lowest BCUT2D eigenvalue weighted by atomic mass is 9.58. The third kappa shape index (κ3) is 1.81. The molecule has 1 aliphatic carbocycles. The van der Waals surface area contributed by atoms with Crippen molar-refractivity contribution >= 4 is 6.29 Å². The van der Waals surface area contributed by atoms with Crippen molar-refractivity contribution in [3.8, 4) is 0 Å². The SMILES string of the molecule is Cc1cc2c(cc1C=O)C(C)(C)CC(C)C2(C)C. The first-order valence-corrected chi connectivity index (χ1v) is 6.81. The molecule has 1 unspecified atom stereocenters. The molecule has 0 aromatic heterocycles. The Balaban J connectivity index is 2.75. The van der Waals surface area contributed by atoms with Crippen LogP contribution < -0.4 is 0 Å². The number of fused-ring (bicyclic) bond motifs is 1. The van der Waals surface area contributed by atoms with Crippen molar-refractivity contribution in [1.82, 2.24) is 0 Å². The second-order valence-electron chi connectivity index (χ2n) is 7.08. The maximum absolute atomic E-state index is 11.1. The molecule has 1 atom stereocenters. The van der Waals surface area contributed by atoms with Crippen LogP contribution in [-0.4, -0.2) is 6.29 Å². The zero-order valence-electron chi connectivity index (χ0n) is 12.4. The highest BCUT2D eigenvalue weighted by Crippen LogP contribution is 2.49. The number of aryl methyl sites for hydroxylation is 1. The van der Waals surface area contributed by atoms with Crippen molar-refractivity contribution in [2.45, 2.75) is 58.8 Å². The maximum Gasteiger partial charge on any atom is 0.150 e. The lowest BCUT2D eigenvalue weighted by Crippen LogP contribution is -2.40. The van der Waals surface area contributed by atoms with E-state index >= 15 is 0 Å². The first-order chi connectivity index (χ1) is 8.20. The predicted octanol–water partition coefficient (Wildman–Crippen LogP) is 4.40. The van der Waals surface area contributed by atoms with Gasteiger partial charge in [0.2, 0.25) is 0 Å². The Morgan fingerprint density at radius 2 is 1.78 bits per heavy atom. The molecule has 0 spiro atoms. The minimum atomic E-state index is 0.162. The smallest absolute Gasteiger partial charge is 0.150 e. The molecule has 2 rings (SSSR count). The number of hydrogen-bond acceptors (Lipinski definition) is 1. The minimum absolute atomic E-state index is 0.162. The summed E-state index contributed by atoms with van der Waals surface area (Å²) >= 11 is 0. The second-order valence-corrected chi connectivity index (χ2v) is 7.08. The summed E-state index contributed by atoms with van der Waals surface area (Å²) in [7, 11) is 0. The molecule has 0 N–H and O–H groups in total. The number of rotatable bonds is 1. The van der Waals surface area contributed by atoms with Crippen molar-refractivity contribution in [2.24, 2.45) is 5.92 Å². The number of hydrogen-bond donors (Lipinski definition) is 0. The highest BCUT2D eigenvalue weighted by Gasteiger charge is 2.42. The molecule has 18 heavy (non-hydrogen) atoms. The van der Waals surface area contributed by atoms with Gasteiger partial charge in [0.25, 0.3) is 0 Å². The summed E-state index contributed by atoms with van der Waals surface area (Å²) in [6.45, 7) is 13.6. The van der Waals surface area contributed by atoms with Crippen LogP contribution >= 0.6 is 0 Å². The fourth-order valence-electron chi connectivity index (χ4n) is 3.34. The van der Waals surface area contributed by atoms with Crippen LogP contribution in [0, 0.1) is 12.8 Å². The zero-order valence-corrected chi connectivity index (χ0v) is 12.4. The third-order valence-corrected chi connectivity index (χ3v) is 5.00. The molecule has 0 bridgehead atoms. The van der Waals surface area contributed by atoms with Gasteiger partial charge in [-0.1, -0.05) is 40.7 Å². The fourth-order valence-corrected chi connectivity index (χ4v) is 3.34. The minimum Gasteiger partial charge on any atom is -0.298 e. The Bertz CT molecular complexity index is 495. The van der Waals surface area contributed by atoms with E-state index in [1.165, 1.54) is 17.5 Å². The molecule has 1 aromatic rings. The van der Waals surface area contributed by atoms with Crippen LogP contribution in [0.3, 0.4) is 0 Å². The van der Waals surface area contributed by atoms with Crippen LogP contribution in [0.5, 0.6) is 0 Å². The van der Waals surface area contributed by atoms with E-state index < -0.39 is 0 Å². The summed E-state index contributed by atoms with van der Waals surface area (Å²) in [6, 6.07) is 4.35. The summed E-state index contributed by atoms with van der Waals surface area (Å²) in [5.74, 6) is 0.654. The van der Waals surface area contributed by atoms with Gasteiger partial charge in [-0.05, 0) is 52.8 Å². The molecule has 1 aliphatic rings. The average molecular weight is 244 g/mol. The van der Waals surface area contributed by atoms with E-state index in [0.29, 0.717) is 5.92 Å². The van der Waals surface area contributed by atoms with Gasteiger partial charge in [-0.2, -0.15) is 0 Å². The van der Waals surface area contributed by atoms with Crippen molar-refractivity contribution in [3.05, 3.63) is 34.4 Å². The molecular weight excluding hydrogens is 220 g/mol. The van der Waals surface area contributed by atoms with Crippen LogP contribution in [0.25, 0.3) is 0 Å². The highest BCUT2D eigenvalue weighted by atomic mass is 16.1. The van der Waals surface area contributed by atoms with Crippen LogP contribution in [0.4, 0.5) is 0 Å². The summed E-state index contributed by atoms with van der Waals surface area (Å²) < 4.78 is 0. The number of benzene rings is 1. The predicted molar refractivity (Wildman–Crippen MR) is 76.4 cm³/mol. The Morgan fingerprint density at radius 1 is 1.17 bits per heavy atom. The molecule has 0 amide bonds. The van der Waals surface area contributed by atoms with Crippen LogP contribution in [0.15, 0.2) is 12.1 Å². The van der Waals surface area contributed by atoms with Gasteiger partial charge in [-0.15, -0.1) is 0 Å². The van der Waals surface area contributed by atoms with E-state index in [1.54, 1.807) is 0 Å². The van der Waals surface area contributed by atoms with E-state index in [9.17, 15) is 4.79 Å². The van der Waals surface area contributed by atoms with Gasteiger partial charge >= 0.3 is 0 Å². The summed E-state index contributed by atoms with van der Waals surface area (Å²) in [5.41, 5.74) is 5.08. The van der Waals surface area contributed by atoms with E-state index in [0.717, 1.165) is 17.4 Å². The number of carbonyl (C=O) groups excluding carboxylic acids is 1. The zero-order chi connectivity index (χ0) is 13.7. The largest absolute Gasteiger partial charge is 0.298 e. The van der Waals surface area contributed by atoms with Gasteiger partial charge < -0.3 is 0 Å². The first kappa shape index (κ1) is 13.3. The van der Waals surface area contributed by atoms with Crippen molar-refractivity contribution in [2.75, 3.05) is 0 Å². The molecule has 1 nitrogen and oxygen atoms in total. The molecular formula is C17H24O. The average Bonchev–Trinajstić information content (AvgIpc) is 2.26. The fraction of sp³-hybridized carbons (Fsp3) is 0.588. The highest BCUT2D eigenvalue weighted by molar-refractivity contribution is 5.78. The number of carbonyl (C=O) groups is 1. The molecule has 0 heterocycles. The third-order valence-electron chi connectivity index (χ3n) is 5.00. The Morgan fingerprint density at radius 3 is 2.33 bits per heavy atom. The molecule has 0 aliphatic heterocycles. The monoisotopic (exact) mass is 244 g/mol. The summed E-state index contributed by atoms with van der Waals surface area (Å²) in [5, 5.41) is 0. The maximum atomic E-state index is 11.1. The lowest BCUT2D eigenvalue weighted by molar-refractivity contribution is 0.112. The summed E-state index contributed by atoms with van der Waals surface area (Å²) in [6.07, 6.45) is 2.16. The molecule has 0 saturated carbocycles.